The van der Waals surface area contributed by atoms with Gasteiger partial charge in [-0.15, -0.1) is 0 Å². The summed E-state index contributed by atoms with van der Waals surface area (Å²) in [5, 5.41) is 10.00. The Labute approximate surface area is 100 Å². The van der Waals surface area contributed by atoms with Crippen molar-refractivity contribution < 1.29 is 19.0 Å². The van der Waals surface area contributed by atoms with Crippen LogP contribution in [-0.4, -0.2) is 24.9 Å². The van der Waals surface area contributed by atoms with Crippen molar-refractivity contribution in [2.45, 2.75) is 25.6 Å². The SMILES string of the molecule is COCC(C)C1CC(O)c2ccc(F)cc2O1. The Bertz CT molecular complexity index is 394. The summed E-state index contributed by atoms with van der Waals surface area (Å²) in [5.41, 5.74) is 0.660. The lowest BCUT2D eigenvalue weighted by molar-refractivity contribution is 0.0134. The Kier molecular flexibility index (Phi) is 3.64. The van der Waals surface area contributed by atoms with E-state index in [-0.39, 0.29) is 17.8 Å². The lowest BCUT2D eigenvalue weighted by Gasteiger charge is -2.32. The van der Waals surface area contributed by atoms with E-state index in [9.17, 15) is 9.50 Å². The number of ether oxygens (including phenoxy) is 2. The second-order valence-corrected chi connectivity index (χ2v) is 4.52. The van der Waals surface area contributed by atoms with Gasteiger partial charge in [-0.05, 0) is 12.1 Å². The summed E-state index contributed by atoms with van der Waals surface area (Å²) in [6.45, 7) is 2.55. The monoisotopic (exact) mass is 240 g/mol. The molecule has 3 nitrogen and oxygen atoms in total. The molecule has 1 aromatic carbocycles. The first-order chi connectivity index (χ1) is 8.11. The molecule has 0 bridgehead atoms. The lowest BCUT2D eigenvalue weighted by atomic mass is 9.93. The zero-order valence-electron chi connectivity index (χ0n) is 10.0. The summed E-state index contributed by atoms with van der Waals surface area (Å²) in [5.74, 6) is 0.249. The molecule has 3 unspecified atom stereocenters. The van der Waals surface area contributed by atoms with E-state index in [4.69, 9.17) is 9.47 Å². The van der Waals surface area contributed by atoms with E-state index >= 15 is 0 Å². The van der Waals surface area contributed by atoms with Crippen molar-refractivity contribution in [3.8, 4) is 5.75 Å². The van der Waals surface area contributed by atoms with Gasteiger partial charge in [-0.2, -0.15) is 0 Å². The Balaban J connectivity index is 2.19. The fourth-order valence-corrected chi connectivity index (χ4v) is 2.16. The zero-order chi connectivity index (χ0) is 12.4. The third kappa shape index (κ3) is 2.58. The molecule has 3 atom stereocenters. The molecule has 0 saturated heterocycles. The molecule has 1 aliphatic rings. The average Bonchev–Trinajstić information content (AvgIpc) is 2.28. The van der Waals surface area contributed by atoms with Gasteiger partial charge in [0.1, 0.15) is 17.7 Å². The summed E-state index contributed by atoms with van der Waals surface area (Å²) < 4.78 is 23.9. The van der Waals surface area contributed by atoms with E-state index in [0.29, 0.717) is 24.3 Å². The normalized spacial score (nSPS) is 24.9. The topological polar surface area (TPSA) is 38.7 Å². The zero-order valence-corrected chi connectivity index (χ0v) is 10.0. The Morgan fingerprint density at radius 2 is 2.35 bits per heavy atom. The minimum Gasteiger partial charge on any atom is -0.489 e. The quantitative estimate of drug-likeness (QED) is 0.881. The fourth-order valence-electron chi connectivity index (χ4n) is 2.16. The molecule has 1 aromatic rings. The first-order valence-electron chi connectivity index (χ1n) is 5.75. The fraction of sp³-hybridized carbons (Fsp3) is 0.538. The number of methoxy groups -OCH3 is 1. The van der Waals surface area contributed by atoms with Gasteiger partial charge < -0.3 is 14.6 Å². The maximum Gasteiger partial charge on any atom is 0.128 e. The maximum atomic E-state index is 13.1. The Morgan fingerprint density at radius 3 is 3.06 bits per heavy atom. The average molecular weight is 240 g/mol. The van der Waals surface area contributed by atoms with E-state index in [1.165, 1.54) is 12.1 Å². The molecule has 17 heavy (non-hydrogen) atoms. The van der Waals surface area contributed by atoms with E-state index in [1.807, 2.05) is 6.92 Å². The minimum atomic E-state index is -0.594. The van der Waals surface area contributed by atoms with Gasteiger partial charge in [0.25, 0.3) is 0 Å². The van der Waals surface area contributed by atoms with Crippen molar-refractivity contribution in [3.05, 3.63) is 29.6 Å². The smallest absolute Gasteiger partial charge is 0.128 e. The van der Waals surface area contributed by atoms with Gasteiger partial charge in [-0.3, -0.25) is 0 Å². The van der Waals surface area contributed by atoms with Crippen LogP contribution in [0.25, 0.3) is 0 Å². The number of rotatable bonds is 3. The van der Waals surface area contributed by atoms with E-state index in [2.05, 4.69) is 0 Å². The standard InChI is InChI=1S/C13H17FO3/c1-8(7-16-2)12-6-11(15)10-4-3-9(14)5-13(10)17-12/h3-5,8,11-12,15H,6-7H2,1-2H3. The van der Waals surface area contributed by atoms with Crippen LogP contribution < -0.4 is 4.74 Å². The molecule has 0 fully saturated rings. The second-order valence-electron chi connectivity index (χ2n) is 4.52. The number of aliphatic hydroxyl groups excluding tert-OH is 1. The van der Waals surface area contributed by atoms with Crippen molar-refractivity contribution in [3.63, 3.8) is 0 Å². The van der Waals surface area contributed by atoms with Crippen LogP contribution in [0.1, 0.15) is 25.0 Å². The number of fused-ring (bicyclic) bond motifs is 1. The number of hydrogen-bond donors (Lipinski definition) is 1. The molecular weight excluding hydrogens is 223 g/mol. The van der Waals surface area contributed by atoms with E-state index < -0.39 is 6.10 Å². The molecule has 0 amide bonds. The highest BCUT2D eigenvalue weighted by Gasteiger charge is 2.30. The van der Waals surface area contributed by atoms with Crippen molar-refractivity contribution in [2.75, 3.05) is 13.7 Å². The highest BCUT2D eigenvalue weighted by atomic mass is 19.1. The molecule has 4 heteroatoms. The summed E-state index contributed by atoms with van der Waals surface area (Å²) in [7, 11) is 1.63. The Morgan fingerprint density at radius 1 is 1.59 bits per heavy atom. The highest BCUT2D eigenvalue weighted by molar-refractivity contribution is 5.37. The number of hydrogen-bond acceptors (Lipinski definition) is 3. The van der Waals surface area contributed by atoms with Crippen molar-refractivity contribution in [1.82, 2.24) is 0 Å². The van der Waals surface area contributed by atoms with Crippen LogP contribution in [0.15, 0.2) is 18.2 Å². The van der Waals surface area contributed by atoms with Gasteiger partial charge in [0.15, 0.2) is 0 Å². The lowest BCUT2D eigenvalue weighted by Crippen LogP contribution is -2.33. The summed E-state index contributed by atoms with van der Waals surface area (Å²) >= 11 is 0. The first kappa shape index (κ1) is 12.3. The highest BCUT2D eigenvalue weighted by Crippen LogP contribution is 2.37. The van der Waals surface area contributed by atoms with Crippen LogP contribution in [0.3, 0.4) is 0 Å². The van der Waals surface area contributed by atoms with Crippen LogP contribution in [0.4, 0.5) is 4.39 Å². The van der Waals surface area contributed by atoms with Crippen LogP contribution in [0.5, 0.6) is 5.75 Å². The molecule has 1 aliphatic heterocycles. The van der Waals surface area contributed by atoms with Crippen LogP contribution >= 0.6 is 0 Å². The number of halogens is 1. The molecule has 0 spiro atoms. The molecule has 2 rings (SSSR count). The number of aliphatic hydroxyl groups is 1. The molecule has 1 heterocycles. The molecule has 94 valence electrons. The number of benzene rings is 1. The van der Waals surface area contributed by atoms with Crippen LogP contribution in [0.2, 0.25) is 0 Å². The van der Waals surface area contributed by atoms with Gasteiger partial charge in [-0.1, -0.05) is 6.92 Å². The molecule has 0 aliphatic carbocycles. The van der Waals surface area contributed by atoms with Gasteiger partial charge in [0.05, 0.1) is 12.7 Å². The predicted molar refractivity (Wildman–Crippen MR) is 61.4 cm³/mol. The van der Waals surface area contributed by atoms with Gasteiger partial charge in [-0.25, -0.2) is 4.39 Å². The summed E-state index contributed by atoms with van der Waals surface area (Å²) in [6.07, 6.45) is -0.216. The van der Waals surface area contributed by atoms with E-state index in [1.54, 1.807) is 13.2 Å². The van der Waals surface area contributed by atoms with Gasteiger partial charge in [0, 0.05) is 31.1 Å². The first-order valence-corrected chi connectivity index (χ1v) is 5.75. The molecule has 0 aromatic heterocycles. The predicted octanol–water partition coefficient (Wildman–Crippen LogP) is 2.29. The van der Waals surface area contributed by atoms with Gasteiger partial charge in [0.2, 0.25) is 0 Å². The molecule has 0 radical (unpaired) electrons. The Hall–Kier alpha value is -1.13. The third-order valence-corrected chi connectivity index (χ3v) is 3.13. The molecule has 1 N–H and O–H groups in total. The van der Waals surface area contributed by atoms with Crippen molar-refractivity contribution in [1.29, 1.82) is 0 Å². The van der Waals surface area contributed by atoms with Crippen molar-refractivity contribution in [2.24, 2.45) is 5.92 Å². The molecule has 0 saturated carbocycles. The van der Waals surface area contributed by atoms with Crippen LogP contribution in [-0.2, 0) is 4.74 Å². The molecular formula is C13H17FO3. The van der Waals surface area contributed by atoms with Crippen molar-refractivity contribution >= 4 is 0 Å². The minimum absolute atomic E-state index is 0.140. The largest absolute Gasteiger partial charge is 0.489 e. The maximum absolute atomic E-state index is 13.1. The van der Waals surface area contributed by atoms with E-state index in [0.717, 1.165) is 0 Å². The summed E-state index contributed by atoms with van der Waals surface area (Å²) in [4.78, 5) is 0. The second kappa shape index (κ2) is 5.02. The van der Waals surface area contributed by atoms with Gasteiger partial charge >= 0.3 is 0 Å². The third-order valence-electron chi connectivity index (χ3n) is 3.13. The summed E-state index contributed by atoms with van der Waals surface area (Å²) in [6, 6.07) is 4.24. The van der Waals surface area contributed by atoms with Crippen LogP contribution in [0, 0.1) is 11.7 Å².